The SMILES string of the molecule is Clc1cncc([C@H](Oc2ccc3ccccc3c2)[C@H]2CCNC2)c1. The van der Waals surface area contributed by atoms with Gasteiger partial charge in [0.05, 0.1) is 5.02 Å². The Morgan fingerprint density at radius 3 is 2.75 bits per heavy atom. The van der Waals surface area contributed by atoms with Gasteiger partial charge < -0.3 is 10.1 Å². The Hall–Kier alpha value is -2.10. The predicted octanol–water partition coefficient (Wildman–Crippen LogP) is 4.62. The highest BCUT2D eigenvalue weighted by Crippen LogP contribution is 2.33. The number of benzene rings is 2. The highest BCUT2D eigenvalue weighted by Gasteiger charge is 2.28. The normalized spacial score (nSPS) is 18.6. The van der Waals surface area contributed by atoms with Gasteiger partial charge in [0.1, 0.15) is 11.9 Å². The average molecular weight is 339 g/mol. The molecular weight excluding hydrogens is 320 g/mol. The fourth-order valence-corrected chi connectivity index (χ4v) is 3.53. The number of halogens is 1. The molecular formula is C20H19ClN2O. The van der Waals surface area contributed by atoms with Crippen LogP contribution in [0, 0.1) is 5.92 Å². The van der Waals surface area contributed by atoms with E-state index in [0.717, 1.165) is 30.8 Å². The van der Waals surface area contributed by atoms with Crippen LogP contribution >= 0.6 is 11.6 Å². The monoisotopic (exact) mass is 338 g/mol. The summed E-state index contributed by atoms with van der Waals surface area (Å²) in [4.78, 5) is 4.24. The minimum absolute atomic E-state index is 0.0487. The van der Waals surface area contributed by atoms with E-state index in [1.54, 1.807) is 6.20 Å². The van der Waals surface area contributed by atoms with Crippen molar-refractivity contribution in [2.24, 2.45) is 5.92 Å². The minimum atomic E-state index is -0.0487. The van der Waals surface area contributed by atoms with Gasteiger partial charge in [0.15, 0.2) is 0 Å². The summed E-state index contributed by atoms with van der Waals surface area (Å²) in [6.07, 6.45) is 4.55. The number of hydrogen-bond donors (Lipinski definition) is 1. The van der Waals surface area contributed by atoms with Crippen LogP contribution in [0.25, 0.3) is 10.8 Å². The molecule has 2 aromatic carbocycles. The number of ether oxygens (including phenoxy) is 1. The van der Waals surface area contributed by atoms with Crippen molar-refractivity contribution in [2.45, 2.75) is 12.5 Å². The molecule has 0 saturated carbocycles. The van der Waals surface area contributed by atoms with E-state index in [-0.39, 0.29) is 6.10 Å². The van der Waals surface area contributed by atoms with Crippen LogP contribution in [0.15, 0.2) is 60.9 Å². The smallest absolute Gasteiger partial charge is 0.129 e. The van der Waals surface area contributed by atoms with Crippen molar-refractivity contribution in [1.29, 1.82) is 0 Å². The number of nitrogens with one attached hydrogen (secondary N) is 1. The first-order chi connectivity index (χ1) is 11.8. The second kappa shape index (κ2) is 6.80. The summed E-state index contributed by atoms with van der Waals surface area (Å²) in [6, 6.07) is 16.5. The van der Waals surface area contributed by atoms with Crippen molar-refractivity contribution in [3.63, 3.8) is 0 Å². The van der Waals surface area contributed by atoms with Gasteiger partial charge in [-0.25, -0.2) is 0 Å². The molecule has 1 N–H and O–H groups in total. The molecule has 1 saturated heterocycles. The molecule has 0 amide bonds. The van der Waals surface area contributed by atoms with Gasteiger partial charge in [-0.1, -0.05) is 41.9 Å². The highest BCUT2D eigenvalue weighted by atomic mass is 35.5. The Bertz CT molecular complexity index is 846. The summed E-state index contributed by atoms with van der Waals surface area (Å²) in [5.74, 6) is 1.29. The molecule has 4 heteroatoms. The number of nitrogens with zero attached hydrogens (tertiary/aromatic N) is 1. The summed E-state index contributed by atoms with van der Waals surface area (Å²) in [7, 11) is 0. The molecule has 122 valence electrons. The maximum absolute atomic E-state index is 6.41. The van der Waals surface area contributed by atoms with Crippen LogP contribution in [0.5, 0.6) is 5.75 Å². The lowest BCUT2D eigenvalue weighted by molar-refractivity contribution is 0.144. The van der Waals surface area contributed by atoms with Crippen molar-refractivity contribution >= 4 is 22.4 Å². The average Bonchev–Trinajstić information content (AvgIpc) is 3.14. The Balaban J connectivity index is 1.67. The van der Waals surface area contributed by atoms with Crippen LogP contribution in [-0.4, -0.2) is 18.1 Å². The molecule has 0 aliphatic carbocycles. The maximum Gasteiger partial charge on any atom is 0.129 e. The molecule has 1 aromatic heterocycles. The predicted molar refractivity (Wildman–Crippen MR) is 97.5 cm³/mol. The molecule has 2 heterocycles. The molecule has 0 radical (unpaired) electrons. The van der Waals surface area contributed by atoms with Crippen LogP contribution in [0.2, 0.25) is 5.02 Å². The number of fused-ring (bicyclic) bond motifs is 1. The Morgan fingerprint density at radius 1 is 1.08 bits per heavy atom. The Morgan fingerprint density at radius 2 is 1.96 bits per heavy atom. The molecule has 4 rings (SSSR count). The second-order valence-electron chi connectivity index (χ2n) is 6.24. The molecule has 1 fully saturated rings. The molecule has 3 nitrogen and oxygen atoms in total. The zero-order chi connectivity index (χ0) is 16.4. The molecule has 0 unspecified atom stereocenters. The van der Waals surface area contributed by atoms with Gasteiger partial charge in [0.25, 0.3) is 0 Å². The lowest BCUT2D eigenvalue weighted by atomic mass is 9.96. The fourth-order valence-electron chi connectivity index (χ4n) is 3.34. The zero-order valence-electron chi connectivity index (χ0n) is 13.3. The standard InChI is InChI=1S/C20H19ClN2O/c21-18-9-17(12-23-13-18)20(16-7-8-22-11-16)24-19-6-5-14-3-1-2-4-15(14)10-19/h1-6,9-10,12-13,16,20,22H,7-8,11H2/t16-,20+/m0/s1. The molecule has 2 atom stereocenters. The molecule has 1 aliphatic rings. The third kappa shape index (κ3) is 3.23. The summed E-state index contributed by atoms with van der Waals surface area (Å²) >= 11 is 6.14. The quantitative estimate of drug-likeness (QED) is 0.753. The number of aromatic nitrogens is 1. The van der Waals surface area contributed by atoms with E-state index in [9.17, 15) is 0 Å². The summed E-state index contributed by atoms with van der Waals surface area (Å²) < 4.78 is 6.41. The van der Waals surface area contributed by atoms with E-state index >= 15 is 0 Å². The molecule has 1 aliphatic heterocycles. The second-order valence-corrected chi connectivity index (χ2v) is 6.67. The van der Waals surface area contributed by atoms with E-state index in [4.69, 9.17) is 16.3 Å². The Labute approximate surface area is 146 Å². The van der Waals surface area contributed by atoms with Crippen molar-refractivity contribution in [3.8, 4) is 5.75 Å². The van der Waals surface area contributed by atoms with Crippen LogP contribution < -0.4 is 10.1 Å². The number of rotatable bonds is 4. The van der Waals surface area contributed by atoms with Crippen molar-refractivity contribution in [1.82, 2.24) is 10.3 Å². The molecule has 3 aromatic rings. The number of hydrogen-bond acceptors (Lipinski definition) is 3. The highest BCUT2D eigenvalue weighted by molar-refractivity contribution is 6.30. The molecule has 0 bridgehead atoms. The lowest BCUT2D eigenvalue weighted by Gasteiger charge is -2.25. The summed E-state index contributed by atoms with van der Waals surface area (Å²) in [5, 5.41) is 6.46. The zero-order valence-corrected chi connectivity index (χ0v) is 14.0. The topological polar surface area (TPSA) is 34.1 Å². The summed E-state index contributed by atoms with van der Waals surface area (Å²) in [5.41, 5.74) is 1.03. The van der Waals surface area contributed by atoms with Gasteiger partial charge in [0.2, 0.25) is 0 Å². The molecule has 24 heavy (non-hydrogen) atoms. The lowest BCUT2D eigenvalue weighted by Crippen LogP contribution is -2.21. The summed E-state index contributed by atoms with van der Waals surface area (Å²) in [6.45, 7) is 1.97. The third-order valence-electron chi connectivity index (χ3n) is 4.57. The van der Waals surface area contributed by atoms with Gasteiger partial charge in [-0.2, -0.15) is 0 Å². The van der Waals surface area contributed by atoms with Crippen LogP contribution in [-0.2, 0) is 0 Å². The van der Waals surface area contributed by atoms with Crippen molar-refractivity contribution < 1.29 is 4.74 Å². The van der Waals surface area contributed by atoms with Crippen molar-refractivity contribution in [2.75, 3.05) is 13.1 Å². The number of pyridine rings is 1. The largest absolute Gasteiger partial charge is 0.485 e. The van der Waals surface area contributed by atoms with E-state index in [0.29, 0.717) is 10.9 Å². The van der Waals surface area contributed by atoms with E-state index in [2.05, 4.69) is 34.6 Å². The molecule has 0 spiro atoms. The first kappa shape index (κ1) is 15.4. The Kier molecular flexibility index (Phi) is 4.37. The third-order valence-corrected chi connectivity index (χ3v) is 4.77. The van der Waals surface area contributed by atoms with Gasteiger partial charge in [0, 0.05) is 30.4 Å². The van der Waals surface area contributed by atoms with Gasteiger partial charge >= 0.3 is 0 Å². The van der Waals surface area contributed by atoms with Gasteiger partial charge in [-0.3, -0.25) is 4.98 Å². The first-order valence-corrected chi connectivity index (χ1v) is 8.64. The van der Waals surface area contributed by atoms with Gasteiger partial charge in [-0.05, 0) is 41.9 Å². The van der Waals surface area contributed by atoms with Crippen LogP contribution in [0.1, 0.15) is 18.1 Å². The van der Waals surface area contributed by atoms with Crippen molar-refractivity contribution in [3.05, 3.63) is 71.5 Å². The minimum Gasteiger partial charge on any atom is -0.485 e. The van der Waals surface area contributed by atoms with Crippen LogP contribution in [0.3, 0.4) is 0 Å². The van der Waals surface area contributed by atoms with E-state index < -0.39 is 0 Å². The van der Waals surface area contributed by atoms with Gasteiger partial charge in [-0.15, -0.1) is 0 Å². The van der Waals surface area contributed by atoms with Crippen LogP contribution in [0.4, 0.5) is 0 Å². The van der Waals surface area contributed by atoms with E-state index in [1.807, 2.05) is 30.5 Å². The first-order valence-electron chi connectivity index (χ1n) is 8.26. The van der Waals surface area contributed by atoms with E-state index in [1.165, 1.54) is 10.8 Å². The fraction of sp³-hybridized carbons (Fsp3) is 0.250. The maximum atomic E-state index is 6.41.